The van der Waals surface area contributed by atoms with Crippen LogP contribution in [0.15, 0.2) is 24.5 Å². The van der Waals surface area contributed by atoms with Crippen LogP contribution >= 0.6 is 11.8 Å². The van der Waals surface area contributed by atoms with Crippen LogP contribution in [0.2, 0.25) is 0 Å². The second kappa shape index (κ2) is 4.87. The summed E-state index contributed by atoms with van der Waals surface area (Å²) in [6, 6.07) is 3.98. The zero-order chi connectivity index (χ0) is 11.4. The molecular formula is C12H15NO2S. The first kappa shape index (κ1) is 11.5. The fraction of sp³-hybridized carbons (Fsp3) is 0.500. The summed E-state index contributed by atoms with van der Waals surface area (Å²) in [4.78, 5) is 14.7. The third kappa shape index (κ3) is 3.23. The van der Waals surface area contributed by atoms with Gasteiger partial charge in [0.1, 0.15) is 0 Å². The Morgan fingerprint density at radius 2 is 2.38 bits per heavy atom. The van der Waals surface area contributed by atoms with E-state index in [-0.39, 0.29) is 5.41 Å². The molecule has 2 rings (SSSR count). The van der Waals surface area contributed by atoms with E-state index in [1.807, 2.05) is 24.0 Å². The van der Waals surface area contributed by atoms with Gasteiger partial charge in [-0.2, -0.15) is 11.8 Å². The molecule has 16 heavy (non-hydrogen) atoms. The van der Waals surface area contributed by atoms with Crippen molar-refractivity contribution in [3.05, 3.63) is 30.1 Å². The van der Waals surface area contributed by atoms with Crippen LogP contribution < -0.4 is 0 Å². The third-order valence-electron chi connectivity index (χ3n) is 2.88. The van der Waals surface area contributed by atoms with E-state index in [2.05, 4.69) is 11.1 Å². The van der Waals surface area contributed by atoms with Crippen molar-refractivity contribution in [3.63, 3.8) is 0 Å². The maximum absolute atomic E-state index is 10.7. The highest BCUT2D eigenvalue weighted by Gasteiger charge is 2.43. The van der Waals surface area contributed by atoms with Gasteiger partial charge >= 0.3 is 5.97 Å². The molecule has 0 saturated heterocycles. The molecule has 0 unspecified atom stereocenters. The van der Waals surface area contributed by atoms with Gasteiger partial charge in [0.05, 0.1) is 6.42 Å². The van der Waals surface area contributed by atoms with Crippen LogP contribution in [0.5, 0.6) is 0 Å². The maximum atomic E-state index is 10.7. The van der Waals surface area contributed by atoms with Crippen molar-refractivity contribution >= 4 is 17.7 Å². The van der Waals surface area contributed by atoms with Crippen molar-refractivity contribution in [2.75, 3.05) is 5.75 Å². The van der Waals surface area contributed by atoms with E-state index in [4.69, 9.17) is 5.11 Å². The van der Waals surface area contributed by atoms with Crippen LogP contribution in [0.25, 0.3) is 0 Å². The highest BCUT2D eigenvalue weighted by molar-refractivity contribution is 7.98. The second-order valence-corrected chi connectivity index (χ2v) is 5.41. The zero-order valence-corrected chi connectivity index (χ0v) is 9.87. The van der Waals surface area contributed by atoms with E-state index in [9.17, 15) is 4.79 Å². The molecule has 1 aliphatic rings. The fourth-order valence-corrected chi connectivity index (χ4v) is 3.07. The number of carboxylic acid groups (broad SMARTS) is 1. The molecular weight excluding hydrogens is 222 g/mol. The molecule has 1 heterocycles. The average Bonchev–Trinajstić information content (AvgIpc) is 2.99. The van der Waals surface area contributed by atoms with Crippen molar-refractivity contribution in [2.24, 2.45) is 5.41 Å². The lowest BCUT2D eigenvalue weighted by Gasteiger charge is -2.11. The van der Waals surface area contributed by atoms with E-state index < -0.39 is 5.97 Å². The van der Waals surface area contributed by atoms with Gasteiger partial charge in [0.25, 0.3) is 0 Å². The van der Waals surface area contributed by atoms with Gasteiger partial charge in [0, 0.05) is 18.1 Å². The third-order valence-corrected chi connectivity index (χ3v) is 4.24. The van der Waals surface area contributed by atoms with Crippen LogP contribution in [-0.2, 0) is 10.5 Å². The number of aromatic nitrogens is 1. The molecule has 86 valence electrons. The average molecular weight is 237 g/mol. The van der Waals surface area contributed by atoms with E-state index in [0.717, 1.165) is 24.3 Å². The Labute approximate surface area is 99.3 Å². The SMILES string of the molecule is O=C(O)CC1(CSCc2cccnc2)CC1. The first-order valence-electron chi connectivity index (χ1n) is 5.39. The van der Waals surface area contributed by atoms with E-state index >= 15 is 0 Å². The number of carboxylic acids is 1. The summed E-state index contributed by atoms with van der Waals surface area (Å²) in [5.74, 6) is 1.21. The highest BCUT2D eigenvalue weighted by Crippen LogP contribution is 2.51. The first-order chi connectivity index (χ1) is 7.70. The number of hydrogen-bond donors (Lipinski definition) is 1. The molecule has 0 atom stereocenters. The van der Waals surface area contributed by atoms with Crippen molar-refractivity contribution in [1.82, 2.24) is 4.98 Å². The summed E-state index contributed by atoms with van der Waals surface area (Å²) in [5, 5.41) is 8.79. The summed E-state index contributed by atoms with van der Waals surface area (Å²) in [6.45, 7) is 0. The lowest BCUT2D eigenvalue weighted by molar-refractivity contribution is -0.138. The summed E-state index contributed by atoms with van der Waals surface area (Å²) in [6.07, 6.45) is 6.09. The molecule has 0 aliphatic heterocycles. The van der Waals surface area contributed by atoms with Crippen molar-refractivity contribution in [2.45, 2.75) is 25.0 Å². The highest BCUT2D eigenvalue weighted by atomic mass is 32.2. The van der Waals surface area contributed by atoms with Crippen LogP contribution in [0.4, 0.5) is 0 Å². The zero-order valence-electron chi connectivity index (χ0n) is 9.06. The standard InChI is InChI=1S/C12H15NO2S/c14-11(15)6-12(3-4-12)9-16-8-10-2-1-5-13-7-10/h1-2,5,7H,3-4,6,8-9H2,(H,14,15). The largest absolute Gasteiger partial charge is 0.481 e. The second-order valence-electron chi connectivity index (χ2n) is 4.42. The Morgan fingerprint density at radius 3 is 2.94 bits per heavy atom. The van der Waals surface area contributed by atoms with Crippen molar-refractivity contribution in [1.29, 1.82) is 0 Å². The maximum Gasteiger partial charge on any atom is 0.303 e. The number of carbonyl (C=O) groups is 1. The molecule has 0 aromatic carbocycles. The Morgan fingerprint density at radius 1 is 1.56 bits per heavy atom. The predicted molar refractivity (Wildman–Crippen MR) is 64.3 cm³/mol. The molecule has 1 N–H and O–H groups in total. The molecule has 4 heteroatoms. The number of hydrogen-bond acceptors (Lipinski definition) is 3. The molecule has 0 amide bonds. The summed E-state index contributed by atoms with van der Waals surface area (Å²) in [5.41, 5.74) is 1.30. The van der Waals surface area contributed by atoms with Crippen LogP contribution in [0.1, 0.15) is 24.8 Å². The molecule has 1 aromatic rings. The minimum Gasteiger partial charge on any atom is -0.481 e. The monoisotopic (exact) mass is 237 g/mol. The van der Waals surface area contributed by atoms with Gasteiger partial charge in [-0.1, -0.05) is 6.07 Å². The molecule has 0 bridgehead atoms. The minimum absolute atomic E-state index is 0.0959. The predicted octanol–water partition coefficient (Wildman–Crippen LogP) is 2.57. The molecule has 0 spiro atoms. The quantitative estimate of drug-likeness (QED) is 0.826. The number of pyridine rings is 1. The lowest BCUT2D eigenvalue weighted by Crippen LogP contribution is -2.11. The Balaban J connectivity index is 1.74. The number of rotatable bonds is 6. The van der Waals surface area contributed by atoms with Crippen molar-refractivity contribution < 1.29 is 9.90 Å². The fourth-order valence-electron chi connectivity index (χ4n) is 1.74. The van der Waals surface area contributed by atoms with Crippen molar-refractivity contribution in [3.8, 4) is 0 Å². The Kier molecular flexibility index (Phi) is 3.49. The van der Waals surface area contributed by atoms with Gasteiger partial charge in [0.2, 0.25) is 0 Å². The van der Waals surface area contributed by atoms with Crippen LogP contribution in [0, 0.1) is 5.41 Å². The number of aliphatic carboxylic acids is 1. The van der Waals surface area contributed by atoms with Gasteiger partial charge < -0.3 is 5.11 Å². The smallest absolute Gasteiger partial charge is 0.303 e. The van der Waals surface area contributed by atoms with Gasteiger partial charge in [0.15, 0.2) is 0 Å². The van der Waals surface area contributed by atoms with Gasteiger partial charge in [-0.15, -0.1) is 0 Å². The van der Waals surface area contributed by atoms with E-state index in [0.29, 0.717) is 6.42 Å². The number of thioether (sulfide) groups is 1. The van der Waals surface area contributed by atoms with Crippen LogP contribution in [0.3, 0.4) is 0 Å². The first-order valence-corrected chi connectivity index (χ1v) is 6.54. The summed E-state index contributed by atoms with van der Waals surface area (Å²) < 4.78 is 0. The molecule has 1 fully saturated rings. The molecule has 0 radical (unpaired) electrons. The Hall–Kier alpha value is -1.03. The molecule has 3 nitrogen and oxygen atoms in total. The summed E-state index contributed by atoms with van der Waals surface area (Å²) >= 11 is 1.81. The molecule has 1 aromatic heterocycles. The summed E-state index contributed by atoms with van der Waals surface area (Å²) in [7, 11) is 0. The topological polar surface area (TPSA) is 50.2 Å². The molecule has 1 aliphatic carbocycles. The molecule has 1 saturated carbocycles. The van der Waals surface area contributed by atoms with Gasteiger partial charge in [-0.3, -0.25) is 9.78 Å². The van der Waals surface area contributed by atoms with E-state index in [1.54, 1.807) is 6.20 Å². The van der Waals surface area contributed by atoms with E-state index in [1.165, 1.54) is 5.56 Å². The number of nitrogens with zero attached hydrogens (tertiary/aromatic N) is 1. The lowest BCUT2D eigenvalue weighted by atomic mass is 10.1. The van der Waals surface area contributed by atoms with Crippen LogP contribution in [-0.4, -0.2) is 21.8 Å². The minimum atomic E-state index is -0.667. The van der Waals surface area contributed by atoms with Gasteiger partial charge in [-0.25, -0.2) is 0 Å². The van der Waals surface area contributed by atoms with Gasteiger partial charge in [-0.05, 0) is 35.6 Å². The Bertz CT molecular complexity index is 363. The normalized spacial score (nSPS) is 17.0.